The van der Waals surface area contributed by atoms with Crippen LogP contribution in [0, 0.1) is 0 Å². The van der Waals surface area contributed by atoms with Gasteiger partial charge in [-0.05, 0) is 30.2 Å². The van der Waals surface area contributed by atoms with Crippen LogP contribution >= 0.6 is 0 Å². The molecule has 12 nitrogen and oxygen atoms in total. The first-order valence-corrected chi connectivity index (χ1v) is 15.0. The lowest BCUT2D eigenvalue weighted by atomic mass is 10.1. The second kappa shape index (κ2) is 12.5. The molecule has 41 heavy (non-hydrogen) atoms. The summed E-state index contributed by atoms with van der Waals surface area (Å²) in [6, 6.07) is 9.23. The smallest absolute Gasteiger partial charge is 0.272 e. The number of anilines is 2. The second-order valence-electron chi connectivity index (χ2n) is 9.63. The van der Waals surface area contributed by atoms with Crippen LogP contribution < -0.4 is 25.0 Å². The number of aromatic nitrogens is 4. The molecule has 0 bridgehead atoms. The quantitative estimate of drug-likeness (QED) is 0.257. The monoisotopic (exact) mass is 581 g/mol. The van der Waals surface area contributed by atoms with Crippen molar-refractivity contribution in [3.63, 3.8) is 0 Å². The third kappa shape index (κ3) is 6.92. The number of methoxy groups -OCH3 is 2. The molecule has 1 amide bonds. The first kappa shape index (κ1) is 29.7. The number of sulfone groups is 1. The van der Waals surface area contributed by atoms with Crippen LogP contribution in [0.2, 0.25) is 0 Å². The number of hydrogen-bond donors (Lipinski definition) is 2. The maximum atomic E-state index is 13.4. The summed E-state index contributed by atoms with van der Waals surface area (Å²) in [6.45, 7) is 2.58. The van der Waals surface area contributed by atoms with Gasteiger partial charge in [0.1, 0.15) is 22.8 Å². The van der Waals surface area contributed by atoms with Gasteiger partial charge in [0.2, 0.25) is 0 Å². The Labute approximate surface area is 239 Å². The highest BCUT2D eigenvalue weighted by Gasteiger charge is 2.21. The number of imidazole rings is 1. The van der Waals surface area contributed by atoms with E-state index in [1.165, 1.54) is 6.26 Å². The van der Waals surface area contributed by atoms with Crippen molar-refractivity contribution in [2.75, 3.05) is 38.3 Å². The highest BCUT2D eigenvalue weighted by atomic mass is 32.2. The fraction of sp³-hybridized carbons (Fsp3) is 0.357. The molecule has 0 aliphatic rings. The Morgan fingerprint density at radius 3 is 2.54 bits per heavy atom. The molecule has 0 fully saturated rings. The molecule has 3 aromatic heterocycles. The van der Waals surface area contributed by atoms with Crippen molar-refractivity contribution < 1.29 is 22.7 Å². The number of amides is 1. The van der Waals surface area contributed by atoms with Gasteiger partial charge in [0.15, 0.2) is 15.5 Å². The van der Waals surface area contributed by atoms with Crippen molar-refractivity contribution in [2.45, 2.75) is 26.4 Å². The van der Waals surface area contributed by atoms with E-state index in [1.54, 1.807) is 38.9 Å². The van der Waals surface area contributed by atoms with E-state index in [9.17, 15) is 13.2 Å². The molecule has 218 valence electrons. The van der Waals surface area contributed by atoms with E-state index >= 15 is 0 Å². The van der Waals surface area contributed by atoms with Gasteiger partial charge in [-0.15, -0.1) is 0 Å². The van der Waals surface area contributed by atoms with E-state index in [-0.39, 0.29) is 24.0 Å². The number of ether oxygens (including phenoxy) is 2. The number of carbonyl (C=O) groups excluding carboxylic acids is 1. The minimum Gasteiger partial charge on any atom is -0.497 e. The zero-order valence-electron chi connectivity index (χ0n) is 24.1. The number of nitrogens with one attached hydrogen (secondary N) is 2. The molecular formula is C28H35N7O5S. The predicted octanol–water partition coefficient (Wildman–Crippen LogP) is 2.73. The SMILES string of the molecule is CCc1cc(CNCS(C)(=O)=O)ncc1N(C)c1cc2c(ncn2C)c(C(=O)NCc2ccc(OC)cc2OC)n1. The van der Waals surface area contributed by atoms with Gasteiger partial charge in [0.05, 0.1) is 49.5 Å². The average molecular weight is 582 g/mol. The molecule has 0 spiro atoms. The number of rotatable bonds is 12. The van der Waals surface area contributed by atoms with E-state index in [0.29, 0.717) is 35.8 Å². The van der Waals surface area contributed by atoms with Crippen LogP contribution in [0.25, 0.3) is 11.0 Å². The lowest BCUT2D eigenvalue weighted by Crippen LogP contribution is -2.25. The number of fused-ring (bicyclic) bond motifs is 1. The molecular weight excluding hydrogens is 546 g/mol. The van der Waals surface area contributed by atoms with Crippen LogP contribution in [0.3, 0.4) is 0 Å². The van der Waals surface area contributed by atoms with Gasteiger partial charge < -0.3 is 24.3 Å². The summed E-state index contributed by atoms with van der Waals surface area (Å²) in [6.07, 6.45) is 5.28. The van der Waals surface area contributed by atoms with Crippen molar-refractivity contribution in [3.05, 3.63) is 65.4 Å². The molecule has 0 atom stereocenters. The standard InChI is InChI=1S/C28H35N7O5S/c1-7-18-10-20(14-29-17-41(6,37)38)30-15-23(18)35(3)25-12-22-26(32-16-34(22)2)27(33-25)28(36)31-13-19-8-9-21(39-4)11-24(19)40-5/h8-12,15-16,29H,7,13-14,17H2,1-6H3,(H,31,36). The Kier molecular flexibility index (Phi) is 9.08. The second-order valence-corrected chi connectivity index (χ2v) is 11.8. The van der Waals surface area contributed by atoms with Gasteiger partial charge in [0, 0.05) is 51.1 Å². The van der Waals surface area contributed by atoms with Crippen molar-refractivity contribution in [1.29, 1.82) is 0 Å². The Bertz CT molecular complexity index is 1670. The van der Waals surface area contributed by atoms with Gasteiger partial charge in [-0.3, -0.25) is 15.1 Å². The van der Waals surface area contributed by atoms with E-state index < -0.39 is 9.84 Å². The van der Waals surface area contributed by atoms with Crippen molar-refractivity contribution in [3.8, 4) is 11.5 Å². The normalized spacial score (nSPS) is 11.5. The fourth-order valence-corrected chi connectivity index (χ4v) is 4.88. The van der Waals surface area contributed by atoms with E-state index in [1.807, 2.05) is 48.7 Å². The van der Waals surface area contributed by atoms with Crippen LogP contribution in [0.1, 0.15) is 34.2 Å². The highest BCUT2D eigenvalue weighted by Crippen LogP contribution is 2.30. The maximum Gasteiger partial charge on any atom is 0.272 e. The van der Waals surface area contributed by atoms with Crippen LogP contribution in [0.4, 0.5) is 11.5 Å². The molecule has 0 saturated heterocycles. The Balaban J connectivity index is 1.62. The first-order valence-electron chi connectivity index (χ1n) is 13.0. The molecule has 0 aliphatic carbocycles. The maximum absolute atomic E-state index is 13.4. The van der Waals surface area contributed by atoms with Crippen LogP contribution in [-0.4, -0.2) is 67.2 Å². The lowest BCUT2D eigenvalue weighted by Gasteiger charge is -2.22. The lowest BCUT2D eigenvalue weighted by molar-refractivity contribution is 0.0947. The summed E-state index contributed by atoms with van der Waals surface area (Å²) >= 11 is 0. The molecule has 1 aromatic carbocycles. The molecule has 13 heteroatoms. The largest absolute Gasteiger partial charge is 0.497 e. The average Bonchev–Trinajstić information content (AvgIpc) is 3.34. The van der Waals surface area contributed by atoms with Crippen LogP contribution in [-0.2, 0) is 36.4 Å². The fourth-order valence-electron chi connectivity index (χ4n) is 4.41. The summed E-state index contributed by atoms with van der Waals surface area (Å²) in [5.41, 5.74) is 4.78. The topological polar surface area (TPSA) is 141 Å². The van der Waals surface area contributed by atoms with Gasteiger partial charge in [-0.1, -0.05) is 6.92 Å². The highest BCUT2D eigenvalue weighted by molar-refractivity contribution is 7.90. The summed E-state index contributed by atoms with van der Waals surface area (Å²) in [7, 11) is 3.75. The zero-order valence-corrected chi connectivity index (χ0v) is 24.9. The summed E-state index contributed by atoms with van der Waals surface area (Å²) in [4.78, 5) is 29.0. The molecule has 0 unspecified atom stereocenters. The molecule has 4 aromatic rings. The minimum atomic E-state index is -3.13. The predicted molar refractivity (Wildman–Crippen MR) is 157 cm³/mol. The van der Waals surface area contributed by atoms with Crippen molar-refractivity contribution in [1.82, 2.24) is 30.2 Å². The number of hydrogen-bond acceptors (Lipinski definition) is 10. The molecule has 4 rings (SSSR count). The molecule has 0 radical (unpaired) electrons. The third-order valence-electron chi connectivity index (χ3n) is 6.63. The number of carbonyl (C=O) groups is 1. The van der Waals surface area contributed by atoms with Gasteiger partial charge in [-0.25, -0.2) is 18.4 Å². The van der Waals surface area contributed by atoms with Gasteiger partial charge in [0.25, 0.3) is 5.91 Å². The Morgan fingerprint density at radius 2 is 1.85 bits per heavy atom. The molecule has 2 N–H and O–H groups in total. The Morgan fingerprint density at radius 1 is 1.07 bits per heavy atom. The van der Waals surface area contributed by atoms with Crippen LogP contribution in [0.5, 0.6) is 11.5 Å². The van der Waals surface area contributed by atoms with Crippen molar-refractivity contribution in [2.24, 2.45) is 7.05 Å². The summed E-state index contributed by atoms with van der Waals surface area (Å²) in [5, 5.41) is 5.85. The van der Waals surface area contributed by atoms with Gasteiger partial charge in [-0.2, -0.15) is 0 Å². The van der Waals surface area contributed by atoms with Crippen LogP contribution in [0.15, 0.2) is 42.9 Å². The summed E-state index contributed by atoms with van der Waals surface area (Å²) in [5.74, 6) is 1.31. The zero-order chi connectivity index (χ0) is 29.7. The van der Waals surface area contributed by atoms with Crippen molar-refractivity contribution >= 4 is 38.3 Å². The molecule has 0 aliphatic heterocycles. The number of aryl methyl sites for hydroxylation is 2. The number of nitrogens with zero attached hydrogens (tertiary/aromatic N) is 5. The minimum absolute atomic E-state index is 0.123. The number of pyridine rings is 2. The Hall–Kier alpha value is -4.23. The van der Waals surface area contributed by atoms with Gasteiger partial charge >= 0.3 is 0 Å². The first-order chi connectivity index (χ1) is 19.5. The molecule has 0 saturated carbocycles. The molecule has 3 heterocycles. The summed E-state index contributed by atoms with van der Waals surface area (Å²) < 4.78 is 35.4. The van der Waals surface area contributed by atoms with E-state index in [0.717, 1.165) is 28.0 Å². The third-order valence-corrected chi connectivity index (χ3v) is 7.36. The number of benzene rings is 1. The van der Waals surface area contributed by atoms with E-state index in [4.69, 9.17) is 14.5 Å². The van der Waals surface area contributed by atoms with E-state index in [2.05, 4.69) is 20.6 Å².